The van der Waals surface area contributed by atoms with E-state index in [0.717, 1.165) is 82.0 Å². The zero-order valence-corrected chi connectivity index (χ0v) is 72.3. The van der Waals surface area contributed by atoms with Gasteiger partial charge in [-0.25, -0.2) is 14.4 Å². The van der Waals surface area contributed by atoms with E-state index < -0.39 is 232 Å². The van der Waals surface area contributed by atoms with E-state index in [1.54, 1.807) is 67.6 Å². The number of aliphatic carboxylic acids is 1. The van der Waals surface area contributed by atoms with E-state index in [-0.39, 0.29) is 39.6 Å². The molecule has 0 bridgehead atoms. The predicted octanol–water partition coefficient (Wildman–Crippen LogP) is 6.77. The van der Waals surface area contributed by atoms with E-state index in [2.05, 4.69) is 21.3 Å². The second-order valence-corrected chi connectivity index (χ2v) is 31.7. The molecule has 129 heavy (non-hydrogen) atoms. The van der Waals surface area contributed by atoms with Gasteiger partial charge < -0.3 is 122 Å². The van der Waals surface area contributed by atoms with Gasteiger partial charge in [0.25, 0.3) is 5.79 Å². The summed E-state index contributed by atoms with van der Waals surface area (Å²) >= 11 is 0. The number of esters is 5. The molecule has 4 aliphatic heterocycles. The minimum atomic E-state index is -3.17. The number of carbonyl (C=O) groups excluding carboxylic acids is 9. The monoisotopic (exact) mass is 1790 g/mol. The van der Waals surface area contributed by atoms with Crippen molar-refractivity contribution in [2.75, 3.05) is 33.5 Å². The normalized spacial score (nSPS) is 26.6. The molecule has 12 rings (SSSR count). The van der Waals surface area contributed by atoms with E-state index in [9.17, 15) is 53.7 Å². The van der Waals surface area contributed by atoms with Crippen LogP contribution in [0.3, 0.4) is 0 Å². The summed E-state index contributed by atoms with van der Waals surface area (Å²) in [5.41, 5.74) is 7.07. The standard InChI is InChI=1S/C94H108N4O31/c1-53-80(116-46-62-32-18-11-19-33-62)86(117-47-63-34-20-12-21-35-63)87(118-48-64-36-22-13-23-37-64)91(120-53)126-81-73(51-114-45-61-30-16-10-17-31-61)124-88(98-75(105)42-70(89(108)109)97-93(111)119-49-69-67-40-26-24-38-65(67)66-39-25-27-41-68(66)69)77(96-55(3)100)83(81)127-90-79(107)85(78(106)72(125-90)50-113-44-60-28-14-9-15-29-60)129-94(92(110)112-8)43-71(121-57(5)102)76(95-54(2)99)84(128-94)82(123-59(7)104)74(122-58(6)103)52-115-56(4)101/h9-41,53,69-74,76-88,90-91,106-107H,42-52H2,1-8H3,(H,95,99)(H,96,100)(H,97,111)(H,98,105)(H,108,109)/t53-,70-,71-,72+,73+,74+,76+,77+,78-,79+,80+,81+,82+,83+,84+,85-,86+,87-,88+,90-,91-,94+/m0/s1. The van der Waals surface area contributed by atoms with Gasteiger partial charge in [-0.2, -0.15) is 0 Å². The number of benzene rings is 7. The van der Waals surface area contributed by atoms with Crippen molar-refractivity contribution >= 4 is 59.6 Å². The summed E-state index contributed by atoms with van der Waals surface area (Å²) in [5.74, 6) is -13.7. The Balaban J connectivity index is 0.983. The quantitative estimate of drug-likeness (QED) is 0.0154. The molecule has 690 valence electrons. The van der Waals surface area contributed by atoms with Crippen LogP contribution in [0.4, 0.5) is 4.79 Å². The molecule has 0 unspecified atom stereocenters. The Morgan fingerprint density at radius 1 is 0.481 bits per heavy atom. The highest BCUT2D eigenvalue weighted by atomic mass is 16.8. The van der Waals surface area contributed by atoms with Gasteiger partial charge >= 0.3 is 41.9 Å². The number of carboxylic acid groups (broad SMARTS) is 1. The summed E-state index contributed by atoms with van der Waals surface area (Å²) in [6.07, 6.45) is -35.6. The maximum absolute atomic E-state index is 15.3. The number of carbonyl (C=O) groups is 10. The van der Waals surface area contributed by atoms with Crippen molar-refractivity contribution < 1.29 is 149 Å². The number of methoxy groups -OCH3 is 1. The zero-order valence-electron chi connectivity index (χ0n) is 72.3. The van der Waals surface area contributed by atoms with Crippen LogP contribution in [0, 0.1) is 0 Å². The Kier molecular flexibility index (Phi) is 34.5. The minimum Gasteiger partial charge on any atom is -0.480 e. The van der Waals surface area contributed by atoms with E-state index in [4.69, 9.17) is 85.3 Å². The average molecular weight is 1790 g/mol. The Morgan fingerprint density at radius 2 is 0.969 bits per heavy atom. The molecule has 22 atom stereocenters. The molecule has 7 aromatic carbocycles. The fourth-order valence-corrected chi connectivity index (χ4v) is 16.4. The fraction of sp³-hybridized carbons (Fsp3) is 0.447. The first kappa shape index (κ1) is 96.6. The Labute approximate surface area is 744 Å². The second-order valence-electron chi connectivity index (χ2n) is 31.7. The van der Waals surface area contributed by atoms with E-state index in [1.807, 2.05) is 140 Å². The molecule has 0 spiro atoms. The Hall–Kier alpha value is -11.5. The molecule has 4 heterocycles. The van der Waals surface area contributed by atoms with Crippen LogP contribution < -0.4 is 21.3 Å². The summed E-state index contributed by atoms with van der Waals surface area (Å²) in [6, 6.07) is 54.9. The van der Waals surface area contributed by atoms with Crippen molar-refractivity contribution in [3.05, 3.63) is 239 Å². The van der Waals surface area contributed by atoms with Crippen LogP contribution in [0.25, 0.3) is 11.1 Å². The summed E-state index contributed by atoms with van der Waals surface area (Å²) in [5, 5.41) is 48.1. The number of fused-ring (bicyclic) bond motifs is 3. The van der Waals surface area contributed by atoms with Gasteiger partial charge in [0.1, 0.15) is 98.5 Å². The summed E-state index contributed by atoms with van der Waals surface area (Å²) in [6.45, 7) is 5.14. The van der Waals surface area contributed by atoms with Gasteiger partial charge in [0.2, 0.25) is 17.7 Å². The lowest BCUT2D eigenvalue weighted by Gasteiger charge is -2.53. The molecular formula is C94H108N4O31. The third kappa shape index (κ3) is 26.0. The highest BCUT2D eigenvalue weighted by Gasteiger charge is 2.64. The van der Waals surface area contributed by atoms with E-state index in [1.165, 1.54) is 0 Å². The van der Waals surface area contributed by atoms with E-state index >= 15 is 9.59 Å². The molecule has 1 aliphatic carbocycles. The summed E-state index contributed by atoms with van der Waals surface area (Å²) in [7, 11) is 0.885. The van der Waals surface area contributed by atoms with Gasteiger partial charge in [-0.15, -0.1) is 0 Å². The minimum absolute atomic E-state index is 0.0192. The van der Waals surface area contributed by atoms with Gasteiger partial charge in [0.05, 0.1) is 78.3 Å². The highest BCUT2D eigenvalue weighted by molar-refractivity contribution is 5.87. The number of rotatable bonds is 40. The third-order valence-corrected chi connectivity index (χ3v) is 22.1. The number of ether oxygens (including phenoxy) is 18. The van der Waals surface area contributed by atoms with Crippen molar-refractivity contribution in [2.45, 2.75) is 235 Å². The first-order valence-electron chi connectivity index (χ1n) is 42.2. The molecule has 35 nitrogen and oxygen atoms in total. The van der Waals surface area contributed by atoms with Crippen molar-refractivity contribution in [3.8, 4) is 11.1 Å². The fourth-order valence-electron chi connectivity index (χ4n) is 16.4. The third-order valence-electron chi connectivity index (χ3n) is 22.1. The van der Waals surface area contributed by atoms with Gasteiger partial charge in [0.15, 0.2) is 31.0 Å². The maximum atomic E-state index is 15.3. The van der Waals surface area contributed by atoms with Crippen LogP contribution >= 0.6 is 0 Å². The number of aliphatic hydroxyl groups is 2. The number of carboxylic acids is 1. The van der Waals surface area contributed by atoms with Crippen LogP contribution in [0.1, 0.15) is 106 Å². The number of aliphatic hydroxyl groups excluding tert-OH is 2. The molecule has 35 heteroatoms. The average Bonchev–Trinajstić information content (AvgIpc) is 1.35. The number of hydrogen-bond acceptors (Lipinski definition) is 30. The number of nitrogens with one attached hydrogen (secondary N) is 4. The van der Waals surface area contributed by atoms with Crippen molar-refractivity contribution in [1.82, 2.24) is 21.3 Å². The van der Waals surface area contributed by atoms with Crippen LogP contribution in [0.2, 0.25) is 0 Å². The SMILES string of the molecule is COC(=O)[C@]1(O[C@H]2[C@@H](O)[C@@H](COCc3ccccc3)O[C@@H](O[C@@H]3[C@@H](NC(C)=O)[C@H](NC(=O)C[C@H](NC(=O)OCC4c5ccccc5-c5ccccc54)C(=O)O)O[C@H](COCc4ccccc4)[C@H]3O[C@@H]3O[C@@H](C)[C@@H](OCc4ccccc4)[C@@H](OCc4ccccc4)[C@@H]3OCc3ccccc3)[C@@H]2O)C[C@H](OC(C)=O)[C@@H](NC(C)=O)[C@H]([C@H](OC(C)=O)[C@@H](COC(C)=O)OC(C)=O)O1. The molecule has 0 aromatic heterocycles. The van der Waals surface area contributed by atoms with Gasteiger partial charge in [-0.3, -0.25) is 33.6 Å². The van der Waals surface area contributed by atoms with Crippen molar-refractivity contribution in [3.63, 3.8) is 0 Å². The smallest absolute Gasteiger partial charge is 0.407 e. The molecule has 5 aliphatic rings. The van der Waals surface area contributed by atoms with Crippen LogP contribution in [-0.4, -0.2) is 243 Å². The van der Waals surface area contributed by atoms with Gasteiger partial charge in [-0.05, 0) is 57.0 Å². The van der Waals surface area contributed by atoms with Crippen molar-refractivity contribution in [1.29, 1.82) is 0 Å². The van der Waals surface area contributed by atoms with Crippen LogP contribution in [0.15, 0.2) is 200 Å². The lowest BCUT2D eigenvalue weighted by molar-refractivity contribution is -0.388. The van der Waals surface area contributed by atoms with Crippen LogP contribution in [0.5, 0.6) is 0 Å². The van der Waals surface area contributed by atoms with Crippen molar-refractivity contribution in [2.24, 2.45) is 0 Å². The second kappa shape index (κ2) is 46.1. The molecule has 4 fully saturated rings. The first-order chi connectivity index (χ1) is 62.1. The lowest BCUT2D eigenvalue weighted by atomic mass is 9.87. The highest BCUT2D eigenvalue weighted by Crippen LogP contribution is 2.46. The number of alkyl carbamates (subject to hydrolysis) is 1. The number of amides is 4. The molecule has 0 radical (unpaired) electrons. The molecule has 7 aromatic rings. The lowest BCUT2D eigenvalue weighted by Crippen LogP contribution is -2.73. The van der Waals surface area contributed by atoms with Gasteiger partial charge in [-0.1, -0.05) is 200 Å². The molecule has 7 N–H and O–H groups in total. The molecule has 4 amide bonds. The maximum Gasteiger partial charge on any atom is 0.407 e. The molecule has 4 saturated heterocycles. The summed E-state index contributed by atoms with van der Waals surface area (Å²) in [4.78, 5) is 138. The van der Waals surface area contributed by atoms with E-state index in [0.29, 0.717) is 16.7 Å². The Morgan fingerprint density at radius 3 is 1.47 bits per heavy atom. The number of hydrogen-bond donors (Lipinski definition) is 7. The summed E-state index contributed by atoms with van der Waals surface area (Å²) < 4.78 is 117. The van der Waals surface area contributed by atoms with Crippen LogP contribution in [-0.2, 0) is 161 Å². The largest absolute Gasteiger partial charge is 0.480 e. The zero-order chi connectivity index (χ0) is 91.8. The topological polar surface area (TPSA) is 446 Å². The van der Waals surface area contributed by atoms with Gasteiger partial charge in [0, 0.05) is 47.5 Å². The first-order valence-corrected chi connectivity index (χ1v) is 42.2. The predicted molar refractivity (Wildman–Crippen MR) is 451 cm³/mol. The molecule has 0 saturated carbocycles. The Bertz CT molecular complexity index is 4850. The molecular weight excluding hydrogens is 1680 g/mol.